The van der Waals surface area contributed by atoms with Crippen molar-refractivity contribution >= 4 is 0 Å². The van der Waals surface area contributed by atoms with Crippen molar-refractivity contribution in [2.75, 3.05) is 13.2 Å². The van der Waals surface area contributed by atoms with Crippen LogP contribution < -0.4 is 10.1 Å². The Labute approximate surface area is 183 Å². The first-order chi connectivity index (χ1) is 15.1. The SMILES string of the molecule is CCCNC1CCc2c(-c3noc(-c4ccc(OCC(C)C)c(C#N)c4)n3)cccc21. The average molecular weight is 417 g/mol. The van der Waals surface area contributed by atoms with Gasteiger partial charge in [-0.15, -0.1) is 0 Å². The molecule has 31 heavy (non-hydrogen) atoms. The van der Waals surface area contributed by atoms with Crippen molar-refractivity contribution in [3.8, 4) is 34.7 Å². The van der Waals surface area contributed by atoms with Gasteiger partial charge in [0.25, 0.3) is 5.89 Å². The van der Waals surface area contributed by atoms with Gasteiger partial charge in [0.1, 0.15) is 11.8 Å². The van der Waals surface area contributed by atoms with Gasteiger partial charge >= 0.3 is 0 Å². The van der Waals surface area contributed by atoms with Crippen LogP contribution in [0.2, 0.25) is 0 Å². The van der Waals surface area contributed by atoms with E-state index in [0.29, 0.717) is 47.2 Å². The van der Waals surface area contributed by atoms with Crippen molar-refractivity contribution in [2.45, 2.75) is 46.1 Å². The first-order valence-electron chi connectivity index (χ1n) is 11.0. The second-order valence-corrected chi connectivity index (χ2v) is 8.37. The Bertz CT molecular complexity index is 1100. The van der Waals surface area contributed by atoms with Crippen molar-refractivity contribution in [3.05, 3.63) is 53.1 Å². The molecule has 1 aliphatic rings. The maximum atomic E-state index is 9.53. The van der Waals surface area contributed by atoms with Crippen LogP contribution in [0.4, 0.5) is 0 Å². The highest BCUT2D eigenvalue weighted by Crippen LogP contribution is 2.37. The van der Waals surface area contributed by atoms with Crippen molar-refractivity contribution in [3.63, 3.8) is 0 Å². The molecule has 0 saturated carbocycles. The van der Waals surface area contributed by atoms with E-state index in [1.165, 1.54) is 11.1 Å². The third-order valence-electron chi connectivity index (χ3n) is 5.50. The number of nitriles is 1. The van der Waals surface area contributed by atoms with Gasteiger partial charge in [-0.25, -0.2) is 0 Å². The highest BCUT2D eigenvalue weighted by molar-refractivity contribution is 5.67. The lowest BCUT2D eigenvalue weighted by Gasteiger charge is -2.13. The van der Waals surface area contributed by atoms with Gasteiger partial charge in [0, 0.05) is 17.2 Å². The Kier molecular flexibility index (Phi) is 6.34. The van der Waals surface area contributed by atoms with Crippen LogP contribution in [0.1, 0.15) is 56.3 Å². The largest absolute Gasteiger partial charge is 0.492 e. The fraction of sp³-hybridized carbons (Fsp3) is 0.400. The Morgan fingerprint density at radius 1 is 1.29 bits per heavy atom. The summed E-state index contributed by atoms with van der Waals surface area (Å²) in [5, 5.41) is 17.4. The summed E-state index contributed by atoms with van der Waals surface area (Å²) in [6, 6.07) is 14.3. The number of fused-ring (bicyclic) bond motifs is 1. The molecule has 4 rings (SSSR count). The Balaban J connectivity index is 1.60. The van der Waals surface area contributed by atoms with Gasteiger partial charge in [-0.05, 0) is 61.1 Å². The van der Waals surface area contributed by atoms with E-state index in [9.17, 15) is 5.26 Å². The van der Waals surface area contributed by atoms with Gasteiger partial charge in [-0.2, -0.15) is 10.2 Å². The third-order valence-corrected chi connectivity index (χ3v) is 5.50. The van der Waals surface area contributed by atoms with E-state index in [2.05, 4.69) is 60.5 Å². The van der Waals surface area contributed by atoms with Crippen molar-refractivity contribution < 1.29 is 9.26 Å². The van der Waals surface area contributed by atoms with Gasteiger partial charge in [-0.3, -0.25) is 0 Å². The monoisotopic (exact) mass is 416 g/mol. The number of benzene rings is 2. The maximum Gasteiger partial charge on any atom is 0.258 e. The molecule has 3 aromatic rings. The number of hydrogen-bond acceptors (Lipinski definition) is 6. The molecule has 1 unspecified atom stereocenters. The number of ether oxygens (including phenoxy) is 1. The summed E-state index contributed by atoms with van der Waals surface area (Å²) in [5.41, 5.74) is 4.81. The lowest BCUT2D eigenvalue weighted by molar-refractivity contribution is 0.270. The summed E-state index contributed by atoms with van der Waals surface area (Å²) >= 11 is 0. The van der Waals surface area contributed by atoms with Crippen molar-refractivity contribution in [1.82, 2.24) is 15.5 Å². The molecule has 1 aromatic heterocycles. The zero-order valence-electron chi connectivity index (χ0n) is 18.3. The lowest BCUT2D eigenvalue weighted by Crippen LogP contribution is -2.19. The highest BCUT2D eigenvalue weighted by atomic mass is 16.5. The number of nitrogens with zero attached hydrogens (tertiary/aromatic N) is 3. The molecule has 160 valence electrons. The average Bonchev–Trinajstić information content (AvgIpc) is 3.43. The molecule has 1 aliphatic carbocycles. The molecule has 6 nitrogen and oxygen atoms in total. The standard InChI is InChI=1S/C25H28N4O2/c1-4-12-27-22-10-9-19-20(22)6-5-7-21(19)24-28-25(31-29-24)17-8-11-23(18(13-17)14-26)30-15-16(2)3/h5-8,11,13,16,22,27H,4,9-10,12,15H2,1-3H3. The topological polar surface area (TPSA) is 84.0 Å². The van der Waals surface area contributed by atoms with Crippen LogP contribution >= 0.6 is 0 Å². The van der Waals surface area contributed by atoms with E-state index in [1.54, 1.807) is 12.1 Å². The van der Waals surface area contributed by atoms with E-state index in [4.69, 9.17) is 9.26 Å². The molecule has 1 heterocycles. The molecule has 1 atom stereocenters. The Morgan fingerprint density at radius 3 is 2.94 bits per heavy atom. The number of hydrogen-bond donors (Lipinski definition) is 1. The minimum absolute atomic E-state index is 0.383. The molecule has 0 spiro atoms. The first-order valence-corrected chi connectivity index (χ1v) is 11.0. The lowest BCUT2D eigenvalue weighted by atomic mass is 10.0. The summed E-state index contributed by atoms with van der Waals surface area (Å²) in [6.45, 7) is 7.90. The van der Waals surface area contributed by atoms with E-state index in [1.807, 2.05) is 6.07 Å². The van der Waals surface area contributed by atoms with Gasteiger partial charge in [0.15, 0.2) is 0 Å². The predicted molar refractivity (Wildman–Crippen MR) is 120 cm³/mol. The van der Waals surface area contributed by atoms with E-state index < -0.39 is 0 Å². The van der Waals surface area contributed by atoms with E-state index in [-0.39, 0.29) is 0 Å². The van der Waals surface area contributed by atoms with Crippen LogP contribution in [0, 0.1) is 17.2 Å². The second-order valence-electron chi connectivity index (χ2n) is 8.37. The van der Waals surface area contributed by atoms with Gasteiger partial charge < -0.3 is 14.6 Å². The van der Waals surface area contributed by atoms with Crippen molar-refractivity contribution in [2.24, 2.45) is 5.92 Å². The Morgan fingerprint density at radius 2 is 2.16 bits per heavy atom. The zero-order valence-corrected chi connectivity index (χ0v) is 18.3. The van der Waals surface area contributed by atoms with Crippen LogP contribution in [0.5, 0.6) is 5.75 Å². The molecule has 0 radical (unpaired) electrons. The summed E-state index contributed by atoms with van der Waals surface area (Å²) in [6.07, 6.45) is 3.20. The van der Waals surface area contributed by atoms with Crippen LogP contribution in [0.3, 0.4) is 0 Å². The first kappa shape index (κ1) is 21.1. The quantitative estimate of drug-likeness (QED) is 0.537. The molecular weight excluding hydrogens is 388 g/mol. The summed E-state index contributed by atoms with van der Waals surface area (Å²) < 4.78 is 11.3. The van der Waals surface area contributed by atoms with Crippen LogP contribution in [-0.2, 0) is 6.42 Å². The number of aromatic nitrogens is 2. The highest BCUT2D eigenvalue weighted by Gasteiger charge is 2.26. The fourth-order valence-electron chi connectivity index (χ4n) is 3.98. The molecule has 0 bridgehead atoms. The van der Waals surface area contributed by atoms with Gasteiger partial charge in [0.05, 0.1) is 12.2 Å². The molecule has 6 heteroatoms. The molecule has 0 aliphatic heterocycles. The minimum Gasteiger partial charge on any atom is -0.492 e. The van der Waals surface area contributed by atoms with Crippen LogP contribution in [0.25, 0.3) is 22.8 Å². The smallest absolute Gasteiger partial charge is 0.258 e. The summed E-state index contributed by atoms with van der Waals surface area (Å²) in [7, 11) is 0. The van der Waals surface area contributed by atoms with E-state index in [0.717, 1.165) is 31.4 Å². The number of nitrogens with one attached hydrogen (secondary N) is 1. The molecule has 0 saturated heterocycles. The third kappa shape index (κ3) is 4.47. The minimum atomic E-state index is 0.383. The molecule has 0 amide bonds. The van der Waals surface area contributed by atoms with Gasteiger partial charge in [0.2, 0.25) is 5.82 Å². The normalized spacial score (nSPS) is 15.1. The fourth-order valence-corrected chi connectivity index (χ4v) is 3.98. The van der Waals surface area contributed by atoms with Crippen LogP contribution in [0.15, 0.2) is 40.9 Å². The molecule has 0 fully saturated rings. The second kappa shape index (κ2) is 9.32. The maximum absolute atomic E-state index is 9.53. The van der Waals surface area contributed by atoms with Crippen molar-refractivity contribution in [1.29, 1.82) is 5.26 Å². The zero-order chi connectivity index (χ0) is 21.8. The van der Waals surface area contributed by atoms with E-state index >= 15 is 0 Å². The van der Waals surface area contributed by atoms with Gasteiger partial charge in [-0.1, -0.05) is 44.1 Å². The summed E-state index contributed by atoms with van der Waals surface area (Å²) in [4.78, 5) is 4.65. The van der Waals surface area contributed by atoms with Crippen LogP contribution in [-0.4, -0.2) is 23.3 Å². The Hall–Kier alpha value is -3.17. The number of rotatable bonds is 8. The molecule has 1 N–H and O–H groups in total. The summed E-state index contributed by atoms with van der Waals surface area (Å²) in [5.74, 6) is 1.94. The predicted octanol–water partition coefficient (Wildman–Crippen LogP) is 5.30. The molecule has 2 aromatic carbocycles. The molecular formula is C25H28N4O2.